The van der Waals surface area contributed by atoms with Gasteiger partial charge in [0.1, 0.15) is 24.2 Å². The van der Waals surface area contributed by atoms with E-state index in [2.05, 4.69) is 23.3 Å². The number of amides is 4. The lowest BCUT2D eigenvalue weighted by Gasteiger charge is -2.25. The molecule has 160 valence electrons. The van der Waals surface area contributed by atoms with Crippen LogP contribution in [0.5, 0.6) is 0 Å². The molecule has 4 amide bonds. The number of hydrogen-bond donors (Lipinski definition) is 9. The molecule has 5 unspecified atom stereocenters. The van der Waals surface area contributed by atoms with Crippen LogP contribution in [0.15, 0.2) is 0 Å². The highest BCUT2D eigenvalue weighted by Crippen LogP contribution is 2.00. The Kier molecular flexibility index (Phi) is 11.1. The van der Waals surface area contributed by atoms with Crippen LogP contribution in [0.2, 0.25) is 0 Å². The Hall–Kier alpha value is -2.42. The molecule has 0 aromatic heterocycles. The highest BCUT2D eigenvalue weighted by Gasteiger charge is 2.32. The van der Waals surface area contributed by atoms with Gasteiger partial charge in [0.05, 0.1) is 19.1 Å². The molecular formula is C14H25N5O8S. The van der Waals surface area contributed by atoms with Crippen LogP contribution in [0, 0.1) is 0 Å². The maximum absolute atomic E-state index is 12.3. The minimum absolute atomic E-state index is 0.205. The topological polar surface area (TPSA) is 234 Å². The van der Waals surface area contributed by atoms with Crippen molar-refractivity contribution in [1.29, 1.82) is 0 Å². The number of carbonyl (C=O) groups excluding carboxylic acids is 4. The van der Waals surface area contributed by atoms with E-state index >= 15 is 0 Å². The Morgan fingerprint density at radius 1 is 1.00 bits per heavy atom. The second-order valence-electron chi connectivity index (χ2n) is 5.83. The van der Waals surface area contributed by atoms with Gasteiger partial charge in [0.15, 0.2) is 0 Å². The van der Waals surface area contributed by atoms with Gasteiger partial charge in [-0.3, -0.25) is 19.2 Å². The number of hydrogen-bond acceptors (Lipinski definition) is 9. The van der Waals surface area contributed by atoms with Gasteiger partial charge in [0, 0.05) is 5.75 Å². The number of carboxylic acids is 1. The van der Waals surface area contributed by atoms with Crippen LogP contribution in [-0.4, -0.2) is 87.5 Å². The van der Waals surface area contributed by atoms with Crippen molar-refractivity contribution in [3.63, 3.8) is 0 Å². The predicted octanol–water partition coefficient (Wildman–Crippen LogP) is -4.97. The number of aliphatic hydroxyl groups is 2. The summed E-state index contributed by atoms with van der Waals surface area (Å²) < 4.78 is 0. The second kappa shape index (κ2) is 12.1. The van der Waals surface area contributed by atoms with Gasteiger partial charge in [-0.2, -0.15) is 12.6 Å². The summed E-state index contributed by atoms with van der Waals surface area (Å²) in [6, 6.07) is -5.81. The van der Waals surface area contributed by atoms with E-state index in [0.717, 1.165) is 6.92 Å². The number of aliphatic carboxylic acids is 1. The zero-order chi connectivity index (χ0) is 22.0. The van der Waals surface area contributed by atoms with Crippen molar-refractivity contribution in [2.75, 3.05) is 12.4 Å². The van der Waals surface area contributed by atoms with Crippen LogP contribution < -0.4 is 27.4 Å². The SMILES string of the molecule is CC(O)C(NC(=O)C(CS)NC(=O)C(N)CO)C(=O)NC(CC(N)=O)C(=O)O. The summed E-state index contributed by atoms with van der Waals surface area (Å²) in [6.07, 6.45) is -2.15. The number of thiol groups is 1. The van der Waals surface area contributed by atoms with Crippen LogP contribution in [-0.2, 0) is 24.0 Å². The van der Waals surface area contributed by atoms with Crippen LogP contribution in [0.1, 0.15) is 13.3 Å². The monoisotopic (exact) mass is 423 g/mol. The third kappa shape index (κ3) is 8.51. The largest absolute Gasteiger partial charge is 0.480 e. The van der Waals surface area contributed by atoms with E-state index in [1.54, 1.807) is 0 Å². The Bertz CT molecular complexity index is 602. The van der Waals surface area contributed by atoms with E-state index < -0.39 is 72.9 Å². The molecule has 0 heterocycles. The number of carboxylic acid groups (broad SMARTS) is 1. The molecule has 5 atom stereocenters. The lowest BCUT2D eigenvalue weighted by molar-refractivity contribution is -0.144. The molecule has 0 bridgehead atoms. The van der Waals surface area contributed by atoms with Crippen LogP contribution in [0.3, 0.4) is 0 Å². The molecule has 13 nitrogen and oxygen atoms in total. The molecule has 0 rings (SSSR count). The predicted molar refractivity (Wildman–Crippen MR) is 97.8 cm³/mol. The van der Waals surface area contributed by atoms with Gasteiger partial charge in [-0.25, -0.2) is 4.79 Å². The molecule has 0 aromatic carbocycles. The Labute approximate surface area is 165 Å². The molecule has 0 aromatic rings. The number of aliphatic hydroxyl groups excluding tert-OH is 2. The molecule has 0 spiro atoms. The lowest BCUT2D eigenvalue weighted by Crippen LogP contribution is -2.60. The maximum Gasteiger partial charge on any atom is 0.326 e. The lowest BCUT2D eigenvalue weighted by atomic mass is 10.1. The molecule has 0 saturated heterocycles. The summed E-state index contributed by atoms with van der Waals surface area (Å²) in [5.41, 5.74) is 10.2. The maximum atomic E-state index is 12.3. The highest BCUT2D eigenvalue weighted by atomic mass is 32.1. The summed E-state index contributed by atoms with van der Waals surface area (Å²) in [6.45, 7) is 0.492. The molecule has 10 N–H and O–H groups in total. The van der Waals surface area contributed by atoms with Crippen molar-refractivity contribution < 1.29 is 39.3 Å². The number of nitrogens with two attached hydrogens (primary N) is 2. The first-order valence-electron chi connectivity index (χ1n) is 8.02. The molecular weight excluding hydrogens is 398 g/mol. The average Bonchev–Trinajstić information content (AvgIpc) is 2.61. The van der Waals surface area contributed by atoms with E-state index in [-0.39, 0.29) is 5.75 Å². The first-order chi connectivity index (χ1) is 12.9. The summed E-state index contributed by atoms with van der Waals surface area (Å²) in [4.78, 5) is 58.2. The van der Waals surface area contributed by atoms with E-state index in [1.165, 1.54) is 0 Å². The van der Waals surface area contributed by atoms with E-state index in [1.807, 2.05) is 5.32 Å². The Morgan fingerprint density at radius 2 is 1.54 bits per heavy atom. The fourth-order valence-electron chi connectivity index (χ4n) is 1.88. The molecule has 0 aliphatic rings. The molecule has 28 heavy (non-hydrogen) atoms. The fourth-order valence-corrected chi connectivity index (χ4v) is 2.13. The molecule has 0 aliphatic heterocycles. The number of nitrogens with one attached hydrogen (secondary N) is 3. The van der Waals surface area contributed by atoms with Crippen molar-refractivity contribution in [1.82, 2.24) is 16.0 Å². The average molecular weight is 423 g/mol. The van der Waals surface area contributed by atoms with E-state index in [0.29, 0.717) is 0 Å². The van der Waals surface area contributed by atoms with Gasteiger partial charge in [-0.15, -0.1) is 0 Å². The first-order valence-corrected chi connectivity index (χ1v) is 8.65. The summed E-state index contributed by atoms with van der Waals surface area (Å²) in [5, 5.41) is 33.9. The molecule has 0 saturated carbocycles. The van der Waals surface area contributed by atoms with Gasteiger partial charge in [0.25, 0.3) is 0 Å². The smallest absolute Gasteiger partial charge is 0.326 e. The Balaban J connectivity index is 5.18. The van der Waals surface area contributed by atoms with Gasteiger partial charge in [-0.05, 0) is 6.92 Å². The summed E-state index contributed by atoms with van der Waals surface area (Å²) in [5.74, 6) is -5.58. The first kappa shape index (κ1) is 25.6. The number of carbonyl (C=O) groups is 5. The molecule has 14 heteroatoms. The minimum Gasteiger partial charge on any atom is -0.480 e. The zero-order valence-corrected chi connectivity index (χ0v) is 15.9. The number of primary amides is 1. The summed E-state index contributed by atoms with van der Waals surface area (Å²) in [7, 11) is 0. The Morgan fingerprint density at radius 3 is 1.93 bits per heavy atom. The van der Waals surface area contributed by atoms with Crippen molar-refractivity contribution in [3.8, 4) is 0 Å². The zero-order valence-electron chi connectivity index (χ0n) is 15.0. The van der Waals surface area contributed by atoms with Crippen molar-refractivity contribution in [2.24, 2.45) is 11.5 Å². The van der Waals surface area contributed by atoms with Crippen molar-refractivity contribution in [2.45, 2.75) is 43.6 Å². The quantitative estimate of drug-likeness (QED) is 0.136. The van der Waals surface area contributed by atoms with Crippen molar-refractivity contribution in [3.05, 3.63) is 0 Å². The van der Waals surface area contributed by atoms with Crippen molar-refractivity contribution >= 4 is 42.2 Å². The minimum atomic E-state index is -1.66. The van der Waals surface area contributed by atoms with Gasteiger partial charge < -0.3 is 42.7 Å². The third-order valence-electron chi connectivity index (χ3n) is 3.43. The highest BCUT2D eigenvalue weighted by molar-refractivity contribution is 7.80. The van der Waals surface area contributed by atoms with Gasteiger partial charge in [0.2, 0.25) is 23.6 Å². The third-order valence-corrected chi connectivity index (χ3v) is 3.80. The second-order valence-corrected chi connectivity index (χ2v) is 6.19. The van der Waals surface area contributed by atoms with E-state index in [4.69, 9.17) is 21.7 Å². The molecule has 0 fully saturated rings. The molecule has 0 aliphatic carbocycles. The number of rotatable bonds is 12. The van der Waals surface area contributed by atoms with Crippen LogP contribution in [0.4, 0.5) is 0 Å². The standard InChI is InChI=1S/C14H25N5O8S/c1-5(21)10(13(25)17-7(14(26)27)2-9(16)22)19-12(24)8(4-28)18-11(23)6(15)3-20/h5-8,10,20-21,28H,2-4,15H2,1H3,(H2,16,22)(H,17,25)(H,18,23)(H,19,24)(H,26,27). The van der Waals surface area contributed by atoms with Crippen LogP contribution >= 0.6 is 12.6 Å². The fraction of sp³-hybridized carbons (Fsp3) is 0.643. The summed E-state index contributed by atoms with van der Waals surface area (Å²) >= 11 is 3.90. The van der Waals surface area contributed by atoms with Gasteiger partial charge >= 0.3 is 5.97 Å². The van der Waals surface area contributed by atoms with Gasteiger partial charge in [-0.1, -0.05) is 0 Å². The molecule has 0 radical (unpaired) electrons. The van der Waals surface area contributed by atoms with Crippen LogP contribution in [0.25, 0.3) is 0 Å². The van der Waals surface area contributed by atoms with E-state index in [9.17, 15) is 29.1 Å². The normalized spacial score (nSPS) is 16.0.